The summed E-state index contributed by atoms with van der Waals surface area (Å²) in [6.07, 6.45) is 2.57. The number of hydrogen-bond acceptors (Lipinski definition) is 6. The van der Waals surface area contributed by atoms with Crippen LogP contribution in [-0.2, 0) is 11.4 Å². The van der Waals surface area contributed by atoms with Crippen molar-refractivity contribution in [2.45, 2.75) is 53.1 Å². The first kappa shape index (κ1) is 27.9. The van der Waals surface area contributed by atoms with E-state index in [2.05, 4.69) is 53.0 Å². The van der Waals surface area contributed by atoms with Crippen molar-refractivity contribution in [2.75, 3.05) is 4.90 Å². The molecule has 5 rings (SSSR count). The first-order valence-electron chi connectivity index (χ1n) is 13.1. The summed E-state index contributed by atoms with van der Waals surface area (Å²) in [5.74, 6) is 0.429. The van der Waals surface area contributed by atoms with E-state index in [1.54, 1.807) is 17.2 Å². The molecule has 0 saturated carbocycles. The van der Waals surface area contributed by atoms with E-state index in [0.29, 0.717) is 36.3 Å². The fraction of sp³-hybridized carbons (Fsp3) is 0.281. The van der Waals surface area contributed by atoms with Gasteiger partial charge in [-0.1, -0.05) is 53.5 Å². The Morgan fingerprint density at radius 2 is 1.90 bits per heavy atom. The van der Waals surface area contributed by atoms with Gasteiger partial charge in [-0.25, -0.2) is 4.98 Å². The number of hydrogen-bond donors (Lipinski definition) is 1. The summed E-state index contributed by atoms with van der Waals surface area (Å²) in [6.45, 7) is 8.54. The number of rotatable bonds is 5. The second-order valence-corrected chi connectivity index (χ2v) is 12.4. The monoisotopic (exact) mass is 616 g/mol. The number of aromatic nitrogens is 1. The summed E-state index contributed by atoms with van der Waals surface area (Å²) in [5.41, 5.74) is 12.6. The second kappa shape index (κ2) is 10.8. The molecule has 1 atom stereocenters. The van der Waals surface area contributed by atoms with Gasteiger partial charge in [-0.15, -0.1) is 0 Å². The maximum Gasteiger partial charge on any atom is 0.162 e. The average Bonchev–Trinajstić information content (AvgIpc) is 2.89. The van der Waals surface area contributed by atoms with Gasteiger partial charge in [-0.05, 0) is 84.3 Å². The second-order valence-electron chi connectivity index (χ2n) is 11.2. The van der Waals surface area contributed by atoms with Gasteiger partial charge >= 0.3 is 0 Å². The van der Waals surface area contributed by atoms with Gasteiger partial charge in [0.2, 0.25) is 0 Å². The number of benzene rings is 2. The zero-order valence-corrected chi connectivity index (χ0v) is 25.2. The van der Waals surface area contributed by atoms with Gasteiger partial charge in [0.25, 0.3) is 0 Å². The Morgan fingerprint density at radius 3 is 2.58 bits per heavy atom. The fourth-order valence-electron chi connectivity index (χ4n) is 5.71. The van der Waals surface area contributed by atoms with Crippen molar-refractivity contribution >= 4 is 39.0 Å². The minimum atomic E-state index is -0.595. The number of nitriles is 1. The molecule has 1 aromatic heterocycles. The third kappa shape index (κ3) is 5.14. The number of pyridine rings is 1. The number of ether oxygens (including phenoxy) is 1. The first-order valence-corrected chi connectivity index (χ1v) is 14.2. The number of Topliss-reactive ketones (excluding diaryl/α,β-unsaturated/α-hetero) is 1. The van der Waals surface area contributed by atoms with E-state index in [-0.39, 0.29) is 22.2 Å². The van der Waals surface area contributed by atoms with Crippen molar-refractivity contribution in [3.8, 4) is 11.8 Å². The van der Waals surface area contributed by atoms with Crippen molar-refractivity contribution in [3.63, 3.8) is 0 Å². The maximum atomic E-state index is 13.9. The van der Waals surface area contributed by atoms with Crippen LogP contribution in [0.3, 0.4) is 0 Å². The van der Waals surface area contributed by atoms with E-state index >= 15 is 0 Å². The predicted octanol–water partition coefficient (Wildman–Crippen LogP) is 7.63. The van der Waals surface area contributed by atoms with E-state index in [1.165, 1.54) is 0 Å². The first-order chi connectivity index (χ1) is 19.0. The summed E-state index contributed by atoms with van der Waals surface area (Å²) >= 11 is 9.98. The predicted molar refractivity (Wildman–Crippen MR) is 161 cm³/mol. The highest BCUT2D eigenvalue weighted by Gasteiger charge is 2.45. The van der Waals surface area contributed by atoms with E-state index in [0.717, 1.165) is 38.2 Å². The summed E-state index contributed by atoms with van der Waals surface area (Å²) in [6, 6.07) is 17.7. The van der Waals surface area contributed by atoms with Gasteiger partial charge in [0.05, 0.1) is 23.2 Å². The number of halogens is 2. The highest BCUT2D eigenvalue weighted by molar-refractivity contribution is 9.10. The number of allylic oxidation sites excluding steroid dienone is 3. The highest BCUT2D eigenvalue weighted by Crippen LogP contribution is 2.51. The molecule has 1 aliphatic carbocycles. The van der Waals surface area contributed by atoms with E-state index in [1.807, 2.05) is 44.2 Å². The van der Waals surface area contributed by atoms with Gasteiger partial charge in [0.15, 0.2) is 10.9 Å². The Labute approximate surface area is 248 Å². The minimum absolute atomic E-state index is 0.00847. The number of carbonyl (C=O) groups is 1. The molecule has 8 heteroatoms. The smallest absolute Gasteiger partial charge is 0.162 e. The molecule has 40 heavy (non-hydrogen) atoms. The topological polar surface area (TPSA) is 92.2 Å². The van der Waals surface area contributed by atoms with Crippen LogP contribution in [0.25, 0.3) is 0 Å². The lowest BCUT2D eigenvalue weighted by Gasteiger charge is -2.44. The van der Waals surface area contributed by atoms with Crippen LogP contribution >= 0.6 is 27.5 Å². The molecule has 0 spiro atoms. The molecule has 6 nitrogen and oxygen atoms in total. The molecule has 2 aromatic carbocycles. The van der Waals surface area contributed by atoms with Gasteiger partial charge in [0.1, 0.15) is 18.2 Å². The summed E-state index contributed by atoms with van der Waals surface area (Å²) < 4.78 is 7.07. The average molecular weight is 618 g/mol. The molecule has 2 heterocycles. The zero-order chi connectivity index (χ0) is 28.8. The number of ketones is 1. The lowest BCUT2D eigenvalue weighted by atomic mass is 9.68. The lowest BCUT2D eigenvalue weighted by molar-refractivity contribution is -0.118. The number of aryl methyl sites for hydroxylation is 2. The van der Waals surface area contributed by atoms with E-state index in [9.17, 15) is 10.1 Å². The summed E-state index contributed by atoms with van der Waals surface area (Å²) in [5, 5.41) is 10.7. The Hall–Kier alpha value is -3.60. The molecule has 2 aliphatic rings. The maximum absolute atomic E-state index is 13.9. The van der Waals surface area contributed by atoms with Crippen LogP contribution in [0, 0.1) is 30.6 Å². The van der Waals surface area contributed by atoms with Gasteiger partial charge in [-0.3, -0.25) is 9.69 Å². The van der Waals surface area contributed by atoms with Gasteiger partial charge in [0, 0.05) is 28.4 Å². The molecule has 0 radical (unpaired) electrons. The molecule has 0 saturated heterocycles. The van der Waals surface area contributed by atoms with Crippen LogP contribution in [0.15, 0.2) is 81.9 Å². The number of nitrogens with two attached hydrogens (primary N) is 1. The minimum Gasteiger partial charge on any atom is -0.489 e. The lowest BCUT2D eigenvalue weighted by Crippen LogP contribution is -2.42. The van der Waals surface area contributed by atoms with Crippen LogP contribution < -0.4 is 15.4 Å². The number of anilines is 1. The molecule has 2 N–H and O–H groups in total. The third-order valence-corrected chi connectivity index (χ3v) is 8.42. The van der Waals surface area contributed by atoms with Crippen molar-refractivity contribution in [1.29, 1.82) is 5.26 Å². The Kier molecular flexibility index (Phi) is 7.52. The number of nitrogens with zero attached hydrogens (tertiary/aromatic N) is 3. The fourth-order valence-corrected chi connectivity index (χ4v) is 6.18. The Morgan fingerprint density at radius 1 is 1.18 bits per heavy atom. The highest BCUT2D eigenvalue weighted by atomic mass is 79.9. The quantitative estimate of drug-likeness (QED) is 0.296. The molecule has 3 aromatic rings. The van der Waals surface area contributed by atoms with Crippen LogP contribution in [0.2, 0.25) is 5.15 Å². The van der Waals surface area contributed by atoms with E-state index in [4.69, 9.17) is 22.1 Å². The molecule has 1 unspecified atom stereocenters. The molecular weight excluding hydrogens is 588 g/mol. The van der Waals surface area contributed by atoms with Crippen LogP contribution in [0.4, 0.5) is 5.69 Å². The molecular formula is C32H30BrClN4O2. The summed E-state index contributed by atoms with van der Waals surface area (Å²) in [7, 11) is 0. The van der Waals surface area contributed by atoms with E-state index < -0.39 is 5.92 Å². The third-order valence-electron chi connectivity index (χ3n) is 7.60. The zero-order valence-electron chi connectivity index (χ0n) is 22.9. The molecule has 204 valence electrons. The molecule has 0 amide bonds. The SMILES string of the molecule is Cc1cc(C)c(C2C(C#N)=C(N)N(c3cccnc3Cl)C3=C2C(=O)CC(C)(C)C3)cc1COc1ccc(Br)cc1. The standard InChI is InChI=1S/C32H30BrClN4O2/c1-18-12-19(2)23(13-20(18)17-40-22-9-7-21(33)8-10-22)28-24(16-35)31(36)38(25-6-5-11-37-30(25)34)26-14-32(3,4)15-27(39)29(26)28/h5-13,28H,14-15,17,36H2,1-4H3. The van der Waals surface area contributed by atoms with Crippen molar-refractivity contribution in [2.24, 2.45) is 11.1 Å². The van der Waals surface area contributed by atoms with Gasteiger partial charge < -0.3 is 10.5 Å². The molecule has 0 bridgehead atoms. The van der Waals surface area contributed by atoms with Crippen LogP contribution in [0.1, 0.15) is 54.9 Å². The molecule has 1 aliphatic heterocycles. The molecule has 0 fully saturated rings. The summed E-state index contributed by atoms with van der Waals surface area (Å²) in [4.78, 5) is 19.9. The van der Waals surface area contributed by atoms with Crippen molar-refractivity contribution in [3.05, 3.63) is 109 Å². The van der Waals surface area contributed by atoms with Crippen molar-refractivity contribution in [1.82, 2.24) is 4.98 Å². The number of carbonyl (C=O) groups excluding carboxylic acids is 1. The normalized spacial score (nSPS) is 18.5. The van der Waals surface area contributed by atoms with Crippen LogP contribution in [-0.4, -0.2) is 10.8 Å². The Balaban J connectivity index is 1.67. The van der Waals surface area contributed by atoms with Crippen LogP contribution in [0.5, 0.6) is 5.75 Å². The van der Waals surface area contributed by atoms with Crippen molar-refractivity contribution < 1.29 is 9.53 Å². The Bertz CT molecular complexity index is 1620. The van der Waals surface area contributed by atoms with Gasteiger partial charge in [-0.2, -0.15) is 5.26 Å². The largest absolute Gasteiger partial charge is 0.489 e.